The van der Waals surface area contributed by atoms with Crippen molar-refractivity contribution >= 4 is 45.2 Å². The van der Waals surface area contributed by atoms with Crippen LogP contribution in [0.2, 0.25) is 5.02 Å². The molecule has 0 spiro atoms. The van der Waals surface area contributed by atoms with Crippen molar-refractivity contribution in [3.63, 3.8) is 0 Å². The first kappa shape index (κ1) is 14.1. The summed E-state index contributed by atoms with van der Waals surface area (Å²) in [4.78, 5) is 26.2. The van der Waals surface area contributed by atoms with E-state index in [0.717, 1.165) is 16.6 Å². The molecule has 0 bridgehead atoms. The number of hydrogen-bond donors (Lipinski definition) is 0. The number of rotatable bonds is 1. The average Bonchev–Trinajstić information content (AvgIpc) is 3.16. The van der Waals surface area contributed by atoms with Crippen LogP contribution in [0.4, 0.5) is 0 Å². The van der Waals surface area contributed by atoms with Gasteiger partial charge in [-0.2, -0.15) is 0 Å². The highest BCUT2D eigenvalue weighted by molar-refractivity contribution is 6.31. The minimum atomic E-state index is -0.181. The van der Waals surface area contributed by atoms with E-state index < -0.39 is 0 Å². The maximum absolute atomic E-state index is 13.3. The van der Waals surface area contributed by atoms with Gasteiger partial charge in [-0.1, -0.05) is 17.7 Å². The summed E-state index contributed by atoms with van der Waals surface area (Å²) in [6.07, 6.45) is 6.71. The van der Waals surface area contributed by atoms with Crippen molar-refractivity contribution in [1.29, 1.82) is 0 Å². The number of nitrogens with zero attached hydrogens (tertiary/aromatic N) is 5. The zero-order chi connectivity index (χ0) is 17.0. The number of benzene rings is 1. The van der Waals surface area contributed by atoms with Crippen LogP contribution in [0, 0.1) is 0 Å². The first-order valence-corrected chi connectivity index (χ1v) is 7.98. The fourth-order valence-corrected chi connectivity index (χ4v) is 3.31. The first-order chi connectivity index (χ1) is 12.2. The molecule has 7 heteroatoms. The number of pyridine rings is 1. The molecule has 0 N–H and O–H groups in total. The van der Waals surface area contributed by atoms with Crippen molar-refractivity contribution in [1.82, 2.24) is 23.9 Å². The number of carbonyl (C=O) groups is 1. The molecule has 1 aromatic carbocycles. The third-order valence-corrected chi connectivity index (χ3v) is 4.42. The van der Waals surface area contributed by atoms with Crippen molar-refractivity contribution in [3.8, 4) is 0 Å². The molecule has 0 aliphatic heterocycles. The quantitative estimate of drug-likeness (QED) is 0.465. The van der Waals surface area contributed by atoms with Gasteiger partial charge in [0.1, 0.15) is 17.5 Å². The van der Waals surface area contributed by atoms with Gasteiger partial charge in [0.05, 0.1) is 5.52 Å². The lowest BCUT2D eigenvalue weighted by Gasteiger charge is -2.06. The predicted octanol–water partition coefficient (Wildman–Crippen LogP) is 3.57. The SMILES string of the molecule is O=C(c1cccc(Cl)c1)n1c2ccncc2c2nc3ccncn3c21. The summed E-state index contributed by atoms with van der Waals surface area (Å²) in [5, 5.41) is 1.33. The summed E-state index contributed by atoms with van der Waals surface area (Å²) >= 11 is 6.06. The number of imidazole rings is 1. The molecule has 0 unspecified atom stereocenters. The van der Waals surface area contributed by atoms with E-state index in [1.807, 2.05) is 6.07 Å². The smallest absolute Gasteiger partial charge is 0.264 e. The summed E-state index contributed by atoms with van der Waals surface area (Å²) < 4.78 is 3.44. The minimum Gasteiger partial charge on any atom is -0.268 e. The zero-order valence-corrected chi connectivity index (χ0v) is 13.6. The molecular weight excluding hydrogens is 338 g/mol. The van der Waals surface area contributed by atoms with Crippen molar-refractivity contribution in [2.24, 2.45) is 0 Å². The molecule has 4 aromatic heterocycles. The highest BCUT2D eigenvalue weighted by atomic mass is 35.5. The van der Waals surface area contributed by atoms with Crippen molar-refractivity contribution in [2.75, 3.05) is 0 Å². The number of carbonyl (C=O) groups excluding carboxylic acids is 1. The van der Waals surface area contributed by atoms with E-state index in [9.17, 15) is 4.79 Å². The maximum Gasteiger partial charge on any atom is 0.264 e. The molecule has 0 atom stereocenters. The van der Waals surface area contributed by atoms with Crippen molar-refractivity contribution < 1.29 is 4.79 Å². The summed E-state index contributed by atoms with van der Waals surface area (Å²) in [6, 6.07) is 10.5. The summed E-state index contributed by atoms with van der Waals surface area (Å²) in [5.41, 5.74) is 3.35. The van der Waals surface area contributed by atoms with Crippen LogP contribution in [0.3, 0.4) is 0 Å². The third kappa shape index (κ3) is 1.98. The van der Waals surface area contributed by atoms with E-state index in [1.54, 1.807) is 64.2 Å². The lowest BCUT2D eigenvalue weighted by atomic mass is 10.2. The second kappa shape index (κ2) is 5.12. The average molecular weight is 348 g/mol. The van der Waals surface area contributed by atoms with Crippen molar-refractivity contribution in [3.05, 3.63) is 71.9 Å². The van der Waals surface area contributed by atoms with Crippen molar-refractivity contribution in [2.45, 2.75) is 0 Å². The van der Waals surface area contributed by atoms with Gasteiger partial charge in [-0.25, -0.2) is 9.97 Å². The van der Waals surface area contributed by atoms with Crippen LogP contribution in [-0.4, -0.2) is 29.8 Å². The van der Waals surface area contributed by atoms with E-state index >= 15 is 0 Å². The molecule has 4 heterocycles. The van der Waals surface area contributed by atoms with E-state index in [-0.39, 0.29) is 5.91 Å². The fraction of sp³-hybridized carbons (Fsp3) is 0. The second-order valence-electron chi connectivity index (χ2n) is 5.64. The van der Waals surface area contributed by atoms with Gasteiger partial charge >= 0.3 is 0 Å². The molecular formula is C18H10ClN5O. The molecule has 0 saturated carbocycles. The first-order valence-electron chi connectivity index (χ1n) is 7.60. The molecule has 5 rings (SSSR count). The van der Waals surface area contributed by atoms with Crippen LogP contribution in [0.25, 0.3) is 27.7 Å². The Hall–Kier alpha value is -3.25. The van der Waals surface area contributed by atoms with Crippen LogP contribution >= 0.6 is 11.6 Å². The molecule has 0 aliphatic carbocycles. The Morgan fingerprint density at radius 1 is 1.08 bits per heavy atom. The fourth-order valence-electron chi connectivity index (χ4n) is 3.12. The third-order valence-electron chi connectivity index (χ3n) is 4.19. The van der Waals surface area contributed by atoms with Crippen LogP contribution in [0.15, 0.2) is 61.3 Å². The Kier molecular flexibility index (Phi) is 2.89. The van der Waals surface area contributed by atoms with Gasteiger partial charge in [-0.05, 0) is 30.3 Å². The van der Waals surface area contributed by atoms with Crippen LogP contribution in [0.5, 0.6) is 0 Å². The molecule has 0 saturated heterocycles. The lowest BCUT2D eigenvalue weighted by Crippen LogP contribution is -2.13. The molecule has 0 aliphatic rings. The number of fused-ring (bicyclic) bond motifs is 5. The topological polar surface area (TPSA) is 65.1 Å². The Labute approximate surface area is 146 Å². The lowest BCUT2D eigenvalue weighted by molar-refractivity contribution is 0.0969. The largest absolute Gasteiger partial charge is 0.268 e. The minimum absolute atomic E-state index is 0.181. The maximum atomic E-state index is 13.3. The van der Waals surface area contributed by atoms with Gasteiger partial charge < -0.3 is 0 Å². The number of aromatic nitrogens is 5. The zero-order valence-electron chi connectivity index (χ0n) is 12.8. The second-order valence-corrected chi connectivity index (χ2v) is 6.07. The Morgan fingerprint density at radius 2 is 1.96 bits per heavy atom. The van der Waals surface area contributed by atoms with Crippen LogP contribution < -0.4 is 0 Å². The molecule has 0 amide bonds. The standard InChI is InChI=1S/C18H10ClN5O/c19-12-3-1-2-11(8-12)18(25)24-14-4-6-20-9-13(14)16-17(24)23-10-21-7-5-15(23)22-16/h1-10H. The van der Waals surface area contributed by atoms with Gasteiger partial charge in [0.2, 0.25) is 0 Å². The number of hydrogen-bond acceptors (Lipinski definition) is 4. The van der Waals surface area contributed by atoms with Crippen LogP contribution in [0.1, 0.15) is 10.4 Å². The Morgan fingerprint density at radius 3 is 2.84 bits per heavy atom. The van der Waals surface area contributed by atoms with Gasteiger partial charge in [0.25, 0.3) is 5.91 Å². The van der Waals surface area contributed by atoms with Crippen LogP contribution in [-0.2, 0) is 0 Å². The molecule has 0 radical (unpaired) electrons. The van der Waals surface area contributed by atoms with E-state index in [0.29, 0.717) is 21.7 Å². The monoisotopic (exact) mass is 347 g/mol. The molecule has 0 fully saturated rings. The van der Waals surface area contributed by atoms with Gasteiger partial charge in [0.15, 0.2) is 5.65 Å². The van der Waals surface area contributed by atoms with E-state index in [1.165, 1.54) is 0 Å². The Balaban J connectivity index is 1.93. The normalized spacial score (nSPS) is 11.6. The summed E-state index contributed by atoms with van der Waals surface area (Å²) in [7, 11) is 0. The highest BCUT2D eigenvalue weighted by Gasteiger charge is 2.22. The predicted molar refractivity (Wildman–Crippen MR) is 95.0 cm³/mol. The summed E-state index contributed by atoms with van der Waals surface area (Å²) in [5.74, 6) is -0.181. The Bertz CT molecular complexity index is 1280. The van der Waals surface area contributed by atoms with E-state index in [4.69, 9.17) is 11.6 Å². The van der Waals surface area contributed by atoms with Gasteiger partial charge in [0, 0.05) is 34.6 Å². The van der Waals surface area contributed by atoms with Gasteiger partial charge in [-0.3, -0.25) is 18.7 Å². The highest BCUT2D eigenvalue weighted by Crippen LogP contribution is 2.29. The number of halogens is 1. The summed E-state index contributed by atoms with van der Waals surface area (Å²) in [6.45, 7) is 0. The van der Waals surface area contributed by atoms with E-state index in [2.05, 4.69) is 15.0 Å². The van der Waals surface area contributed by atoms with Gasteiger partial charge in [-0.15, -0.1) is 0 Å². The molecule has 120 valence electrons. The molecule has 5 aromatic rings. The molecule has 6 nitrogen and oxygen atoms in total. The molecule has 25 heavy (non-hydrogen) atoms.